The van der Waals surface area contributed by atoms with Crippen molar-refractivity contribution in [3.05, 3.63) is 65.9 Å². The van der Waals surface area contributed by atoms with Crippen LogP contribution in [0.1, 0.15) is 12.5 Å². The summed E-state index contributed by atoms with van der Waals surface area (Å²) >= 11 is 0. The molecule has 0 radical (unpaired) electrons. The summed E-state index contributed by atoms with van der Waals surface area (Å²) in [5.41, 5.74) is 1.62. The van der Waals surface area contributed by atoms with Crippen LogP contribution in [0.15, 0.2) is 60.3 Å². The van der Waals surface area contributed by atoms with E-state index in [9.17, 15) is 9.90 Å². The quantitative estimate of drug-likeness (QED) is 0.386. The van der Waals surface area contributed by atoms with Gasteiger partial charge in [0.15, 0.2) is 0 Å². The summed E-state index contributed by atoms with van der Waals surface area (Å²) in [7, 11) is 0. The van der Waals surface area contributed by atoms with Gasteiger partial charge in [0.1, 0.15) is 23.1 Å². The summed E-state index contributed by atoms with van der Waals surface area (Å²) in [4.78, 5) is 12.2. The Morgan fingerprint density at radius 3 is 2.50 bits per heavy atom. The maximum atomic E-state index is 12.2. The van der Waals surface area contributed by atoms with Crippen LogP contribution in [0.4, 0.5) is 5.69 Å². The second kappa shape index (κ2) is 9.74. The SMILES string of the molecule is CCOc1ccc(NC(=O)/C(C#N)=C\NCCc2ccc(O)cc2)cc1. The van der Waals surface area contributed by atoms with Crippen LogP contribution < -0.4 is 15.4 Å². The minimum Gasteiger partial charge on any atom is -0.508 e. The van der Waals surface area contributed by atoms with E-state index in [2.05, 4.69) is 10.6 Å². The molecule has 0 fully saturated rings. The standard InChI is InChI=1S/C20H21N3O3/c1-2-26-19-9-5-17(6-10-19)23-20(25)16(13-21)14-22-12-11-15-3-7-18(24)8-4-15/h3-10,14,22,24H,2,11-12H2,1H3,(H,23,25)/b16-14-. The molecular weight excluding hydrogens is 330 g/mol. The Labute approximate surface area is 152 Å². The third-order valence-corrected chi connectivity index (χ3v) is 3.53. The number of amides is 1. The van der Waals surface area contributed by atoms with Crippen LogP contribution >= 0.6 is 0 Å². The number of rotatable bonds is 8. The molecule has 2 rings (SSSR count). The number of aromatic hydroxyl groups is 1. The molecule has 134 valence electrons. The van der Waals surface area contributed by atoms with E-state index in [1.165, 1.54) is 6.20 Å². The van der Waals surface area contributed by atoms with Gasteiger partial charge in [-0.25, -0.2) is 0 Å². The number of phenolic OH excluding ortho intramolecular Hbond substituents is 1. The number of phenols is 1. The van der Waals surface area contributed by atoms with Gasteiger partial charge >= 0.3 is 0 Å². The molecule has 0 aliphatic rings. The largest absolute Gasteiger partial charge is 0.508 e. The molecule has 0 saturated heterocycles. The molecule has 2 aromatic carbocycles. The highest BCUT2D eigenvalue weighted by molar-refractivity contribution is 6.06. The Kier molecular flexibility index (Phi) is 7.07. The lowest BCUT2D eigenvalue weighted by Gasteiger charge is -2.07. The second-order valence-corrected chi connectivity index (χ2v) is 5.45. The average molecular weight is 351 g/mol. The number of ether oxygens (including phenoxy) is 1. The van der Waals surface area contributed by atoms with Gasteiger partial charge in [-0.2, -0.15) is 5.26 Å². The summed E-state index contributed by atoms with van der Waals surface area (Å²) in [5, 5.41) is 24.1. The molecule has 6 nitrogen and oxygen atoms in total. The number of nitrogens with one attached hydrogen (secondary N) is 2. The van der Waals surface area contributed by atoms with Crippen molar-refractivity contribution in [2.24, 2.45) is 0 Å². The van der Waals surface area contributed by atoms with Gasteiger partial charge in [0.25, 0.3) is 5.91 Å². The lowest BCUT2D eigenvalue weighted by Crippen LogP contribution is -2.18. The van der Waals surface area contributed by atoms with Crippen molar-refractivity contribution in [3.8, 4) is 17.6 Å². The van der Waals surface area contributed by atoms with Gasteiger partial charge in [-0.05, 0) is 55.3 Å². The smallest absolute Gasteiger partial charge is 0.267 e. The normalized spacial score (nSPS) is 10.7. The topological polar surface area (TPSA) is 94.4 Å². The molecule has 6 heteroatoms. The van der Waals surface area contributed by atoms with Crippen LogP contribution in [0, 0.1) is 11.3 Å². The number of benzene rings is 2. The fourth-order valence-corrected chi connectivity index (χ4v) is 2.20. The maximum absolute atomic E-state index is 12.2. The van der Waals surface area contributed by atoms with Gasteiger partial charge in [0, 0.05) is 18.4 Å². The summed E-state index contributed by atoms with van der Waals surface area (Å²) < 4.78 is 5.34. The van der Waals surface area contributed by atoms with Crippen molar-refractivity contribution in [3.63, 3.8) is 0 Å². The average Bonchev–Trinajstić information content (AvgIpc) is 2.65. The van der Waals surface area contributed by atoms with Crippen molar-refractivity contribution in [2.45, 2.75) is 13.3 Å². The van der Waals surface area contributed by atoms with Crippen LogP contribution in [-0.2, 0) is 11.2 Å². The number of carbonyl (C=O) groups excluding carboxylic acids is 1. The molecule has 3 N–H and O–H groups in total. The predicted octanol–water partition coefficient (Wildman–Crippen LogP) is 2.97. The highest BCUT2D eigenvalue weighted by atomic mass is 16.5. The summed E-state index contributed by atoms with van der Waals surface area (Å²) in [5.74, 6) is 0.463. The van der Waals surface area contributed by atoms with Crippen LogP contribution in [0.25, 0.3) is 0 Å². The van der Waals surface area contributed by atoms with E-state index in [1.807, 2.05) is 25.1 Å². The van der Waals surface area contributed by atoms with Gasteiger partial charge in [-0.1, -0.05) is 12.1 Å². The first kappa shape index (κ1) is 18.9. The van der Waals surface area contributed by atoms with Gasteiger partial charge in [-0.15, -0.1) is 0 Å². The molecule has 2 aromatic rings. The van der Waals surface area contributed by atoms with Crippen molar-refractivity contribution in [1.29, 1.82) is 5.26 Å². The van der Waals surface area contributed by atoms with E-state index < -0.39 is 5.91 Å². The Morgan fingerprint density at radius 1 is 1.19 bits per heavy atom. The fourth-order valence-electron chi connectivity index (χ4n) is 2.20. The van der Waals surface area contributed by atoms with Gasteiger partial charge in [0.2, 0.25) is 0 Å². The maximum Gasteiger partial charge on any atom is 0.267 e. The molecule has 0 bridgehead atoms. The van der Waals surface area contributed by atoms with E-state index in [-0.39, 0.29) is 11.3 Å². The second-order valence-electron chi connectivity index (χ2n) is 5.45. The number of hydrogen-bond donors (Lipinski definition) is 3. The molecule has 0 unspecified atom stereocenters. The molecule has 1 amide bonds. The van der Waals surface area contributed by atoms with Crippen molar-refractivity contribution in [1.82, 2.24) is 5.32 Å². The first-order valence-corrected chi connectivity index (χ1v) is 8.28. The highest BCUT2D eigenvalue weighted by Gasteiger charge is 2.09. The van der Waals surface area contributed by atoms with E-state index in [0.717, 1.165) is 11.3 Å². The Balaban J connectivity index is 1.85. The third kappa shape index (κ3) is 5.87. The van der Waals surface area contributed by atoms with Crippen LogP contribution in [-0.4, -0.2) is 24.2 Å². The van der Waals surface area contributed by atoms with E-state index >= 15 is 0 Å². The molecule has 0 heterocycles. The molecule has 0 saturated carbocycles. The van der Waals surface area contributed by atoms with E-state index in [1.54, 1.807) is 36.4 Å². The summed E-state index contributed by atoms with van der Waals surface area (Å²) in [6.07, 6.45) is 2.11. The number of anilines is 1. The fraction of sp³-hybridized carbons (Fsp3) is 0.200. The van der Waals surface area contributed by atoms with E-state index in [4.69, 9.17) is 10.00 Å². The van der Waals surface area contributed by atoms with Crippen LogP contribution in [0.3, 0.4) is 0 Å². The first-order valence-electron chi connectivity index (χ1n) is 8.28. The van der Waals surface area contributed by atoms with Gasteiger partial charge in [0.05, 0.1) is 6.61 Å². The predicted molar refractivity (Wildman–Crippen MR) is 99.8 cm³/mol. The Hall–Kier alpha value is -3.46. The molecule has 0 aliphatic heterocycles. The van der Waals surface area contributed by atoms with Gasteiger partial charge in [-0.3, -0.25) is 4.79 Å². The molecule has 0 aromatic heterocycles. The van der Waals surface area contributed by atoms with Gasteiger partial charge < -0.3 is 20.5 Å². The van der Waals surface area contributed by atoms with E-state index in [0.29, 0.717) is 25.3 Å². The number of nitriles is 1. The molecule has 0 atom stereocenters. The number of carbonyl (C=O) groups is 1. The van der Waals surface area contributed by atoms with Crippen LogP contribution in [0.5, 0.6) is 11.5 Å². The zero-order valence-electron chi connectivity index (χ0n) is 14.5. The Morgan fingerprint density at radius 2 is 1.88 bits per heavy atom. The Bertz CT molecular complexity index is 791. The zero-order valence-corrected chi connectivity index (χ0v) is 14.5. The van der Waals surface area contributed by atoms with Crippen molar-refractivity contribution >= 4 is 11.6 Å². The van der Waals surface area contributed by atoms with Crippen molar-refractivity contribution in [2.75, 3.05) is 18.5 Å². The highest BCUT2D eigenvalue weighted by Crippen LogP contribution is 2.16. The monoisotopic (exact) mass is 351 g/mol. The minimum absolute atomic E-state index is 0.00964. The lowest BCUT2D eigenvalue weighted by atomic mass is 10.1. The number of hydrogen-bond acceptors (Lipinski definition) is 5. The van der Waals surface area contributed by atoms with Crippen molar-refractivity contribution < 1.29 is 14.6 Å². The first-order chi connectivity index (χ1) is 12.6. The van der Waals surface area contributed by atoms with Crippen LogP contribution in [0.2, 0.25) is 0 Å². The molecule has 0 spiro atoms. The summed E-state index contributed by atoms with van der Waals surface area (Å²) in [6.45, 7) is 3.03. The zero-order chi connectivity index (χ0) is 18.8. The molecule has 26 heavy (non-hydrogen) atoms. The molecular formula is C20H21N3O3. The molecule has 0 aliphatic carbocycles. The minimum atomic E-state index is -0.478. The number of nitrogens with zero attached hydrogens (tertiary/aromatic N) is 1. The lowest BCUT2D eigenvalue weighted by molar-refractivity contribution is -0.112. The third-order valence-electron chi connectivity index (χ3n) is 3.53. The summed E-state index contributed by atoms with van der Waals surface area (Å²) in [6, 6.07) is 15.7.